The Morgan fingerprint density at radius 3 is 2.38 bits per heavy atom. The van der Waals surface area contributed by atoms with Gasteiger partial charge in [0.1, 0.15) is 16.6 Å². The molecule has 2 N–H and O–H groups in total. The lowest BCUT2D eigenvalue weighted by Gasteiger charge is -2.29. The molecule has 0 amide bonds. The number of thiazole rings is 1. The van der Waals surface area contributed by atoms with Crippen LogP contribution < -0.4 is 9.80 Å². The quantitative estimate of drug-likeness (QED) is 0.504. The summed E-state index contributed by atoms with van der Waals surface area (Å²) in [4.78, 5) is 9.04. The summed E-state index contributed by atoms with van der Waals surface area (Å²) < 4.78 is 0. The first-order chi connectivity index (χ1) is 15.5. The Bertz CT molecular complexity index is 1190. The Morgan fingerprint density at radius 2 is 1.66 bits per heavy atom. The molecule has 2 aromatic carbocycles. The minimum Gasteiger partial charge on any atom is -0.510 e. The molecule has 32 heavy (non-hydrogen) atoms. The molecule has 6 heteroatoms. The number of hydrogen-bond acceptors (Lipinski definition) is 5. The zero-order chi connectivity index (χ0) is 22.2. The maximum absolute atomic E-state index is 10.7. The Morgan fingerprint density at radius 1 is 0.938 bits per heavy atom. The lowest BCUT2D eigenvalue weighted by Crippen LogP contribution is -2.29. The van der Waals surface area contributed by atoms with Crippen molar-refractivity contribution in [1.82, 2.24) is 4.98 Å². The van der Waals surface area contributed by atoms with Gasteiger partial charge in [-0.1, -0.05) is 12.1 Å². The number of benzene rings is 2. The van der Waals surface area contributed by atoms with Crippen LogP contribution in [0.25, 0.3) is 16.8 Å². The molecule has 0 unspecified atom stereocenters. The highest BCUT2D eigenvalue weighted by molar-refractivity contribution is 7.11. The van der Waals surface area contributed by atoms with Crippen molar-refractivity contribution >= 4 is 34.1 Å². The summed E-state index contributed by atoms with van der Waals surface area (Å²) in [5.74, 6) is 0.505. The third kappa shape index (κ3) is 3.79. The van der Waals surface area contributed by atoms with E-state index in [1.807, 2.05) is 10.3 Å². The van der Waals surface area contributed by atoms with Crippen LogP contribution in [0.1, 0.15) is 35.4 Å². The van der Waals surface area contributed by atoms with Gasteiger partial charge in [-0.15, -0.1) is 11.3 Å². The van der Waals surface area contributed by atoms with Crippen molar-refractivity contribution in [2.24, 2.45) is 0 Å². The zero-order valence-electron chi connectivity index (χ0n) is 18.6. The highest BCUT2D eigenvalue weighted by atomic mass is 32.1. The van der Waals surface area contributed by atoms with E-state index in [4.69, 9.17) is 10.4 Å². The molecule has 5 rings (SSSR count). The summed E-state index contributed by atoms with van der Waals surface area (Å²) in [5.41, 5.74) is 7.11. The van der Waals surface area contributed by atoms with E-state index in [1.54, 1.807) is 0 Å². The van der Waals surface area contributed by atoms with Gasteiger partial charge in [-0.05, 0) is 74.6 Å². The topological polar surface area (TPSA) is 63.5 Å². The van der Waals surface area contributed by atoms with Crippen molar-refractivity contribution in [1.29, 1.82) is 5.41 Å². The molecule has 0 aliphatic carbocycles. The number of piperidine rings is 1. The fourth-order valence-corrected chi connectivity index (χ4v) is 5.34. The van der Waals surface area contributed by atoms with Gasteiger partial charge in [0.25, 0.3) is 0 Å². The van der Waals surface area contributed by atoms with Gasteiger partial charge >= 0.3 is 0 Å². The number of hydrogen-bond donors (Lipinski definition) is 2. The van der Waals surface area contributed by atoms with E-state index in [1.165, 1.54) is 47.4 Å². The number of aromatic nitrogens is 1. The van der Waals surface area contributed by atoms with E-state index in [2.05, 4.69) is 61.2 Å². The van der Waals surface area contributed by atoms with Crippen LogP contribution in [0.5, 0.6) is 0 Å². The third-order valence-electron chi connectivity index (χ3n) is 6.51. The number of anilines is 2. The highest BCUT2D eigenvalue weighted by Gasteiger charge is 2.31. The molecule has 1 fully saturated rings. The average molecular weight is 445 g/mol. The number of aryl methyl sites for hydroxylation is 2. The second kappa shape index (κ2) is 8.43. The van der Waals surface area contributed by atoms with Gasteiger partial charge in [-0.25, -0.2) is 4.98 Å². The van der Waals surface area contributed by atoms with Crippen molar-refractivity contribution < 1.29 is 5.11 Å². The average Bonchev–Trinajstić information content (AvgIpc) is 3.40. The van der Waals surface area contributed by atoms with Crippen molar-refractivity contribution in [2.75, 3.05) is 29.4 Å². The Hall–Kier alpha value is -3.12. The van der Waals surface area contributed by atoms with E-state index in [0.29, 0.717) is 23.0 Å². The van der Waals surface area contributed by atoms with Gasteiger partial charge in [-0.2, -0.15) is 0 Å². The van der Waals surface area contributed by atoms with E-state index in [-0.39, 0.29) is 5.76 Å². The molecular weight excluding hydrogens is 416 g/mol. The second-order valence-electron chi connectivity index (χ2n) is 8.66. The van der Waals surface area contributed by atoms with Gasteiger partial charge in [0.05, 0.1) is 17.8 Å². The van der Waals surface area contributed by atoms with Crippen molar-refractivity contribution in [3.63, 3.8) is 0 Å². The first-order valence-electron chi connectivity index (χ1n) is 11.2. The van der Waals surface area contributed by atoms with Crippen LogP contribution in [-0.4, -0.2) is 35.6 Å². The largest absolute Gasteiger partial charge is 0.510 e. The molecule has 0 saturated carbocycles. The van der Waals surface area contributed by atoms with Gasteiger partial charge in [0.2, 0.25) is 0 Å². The molecule has 0 atom stereocenters. The monoisotopic (exact) mass is 444 g/mol. The lowest BCUT2D eigenvalue weighted by atomic mass is 10.1. The molecular formula is C26H28N4OS. The summed E-state index contributed by atoms with van der Waals surface area (Å²) in [6.45, 7) is 6.72. The van der Waals surface area contributed by atoms with Crippen LogP contribution >= 0.6 is 11.3 Å². The number of rotatable bonds is 4. The maximum atomic E-state index is 10.7. The van der Waals surface area contributed by atoms with Gasteiger partial charge in [-0.3, -0.25) is 5.41 Å². The van der Waals surface area contributed by atoms with E-state index in [9.17, 15) is 5.11 Å². The smallest absolute Gasteiger partial charge is 0.139 e. The molecule has 3 heterocycles. The molecule has 1 aromatic heterocycles. The third-order valence-corrected chi connectivity index (χ3v) is 7.37. The van der Waals surface area contributed by atoms with Crippen LogP contribution in [-0.2, 0) is 0 Å². The minimum atomic E-state index is 0.205. The number of amidine groups is 1. The summed E-state index contributed by atoms with van der Waals surface area (Å²) in [6, 6.07) is 14.7. The minimum absolute atomic E-state index is 0.205. The molecule has 5 nitrogen and oxygen atoms in total. The predicted octanol–water partition coefficient (Wildman–Crippen LogP) is 6.18. The van der Waals surface area contributed by atoms with Gasteiger partial charge < -0.3 is 14.9 Å². The summed E-state index contributed by atoms with van der Waals surface area (Å²) >= 11 is 1.47. The number of aliphatic hydroxyl groups excluding tert-OH is 1. The summed E-state index contributed by atoms with van der Waals surface area (Å²) in [7, 11) is 0. The van der Waals surface area contributed by atoms with Crippen LogP contribution in [0.3, 0.4) is 0 Å². The van der Waals surface area contributed by atoms with Crippen LogP contribution in [0.4, 0.5) is 11.4 Å². The first-order valence-corrected chi connectivity index (χ1v) is 12.1. The lowest BCUT2D eigenvalue weighted by molar-refractivity contribution is 0.411. The Kier molecular flexibility index (Phi) is 5.47. The molecule has 0 bridgehead atoms. The standard InChI is InChI=1S/C26H28N4OS/c1-17-6-7-19(14-18(17)2)22-16-32-26(28-22)24-23(31)15-30(25(24)27)21-10-8-20(9-11-21)29-12-4-3-5-13-29/h6-11,14,16,27,31H,3-5,12-13,15H2,1-2H3. The van der Waals surface area contributed by atoms with Crippen molar-refractivity contribution in [3.8, 4) is 11.3 Å². The molecule has 164 valence electrons. The van der Waals surface area contributed by atoms with Gasteiger partial charge in [0, 0.05) is 35.4 Å². The van der Waals surface area contributed by atoms with E-state index < -0.39 is 0 Å². The molecule has 2 aliphatic heterocycles. The number of nitrogens with zero attached hydrogens (tertiary/aromatic N) is 3. The Labute approximate surface area is 193 Å². The highest BCUT2D eigenvalue weighted by Crippen LogP contribution is 2.35. The fraction of sp³-hybridized carbons (Fsp3) is 0.308. The summed E-state index contributed by atoms with van der Waals surface area (Å²) in [6.07, 6.45) is 3.81. The fourth-order valence-electron chi connectivity index (χ4n) is 4.44. The maximum Gasteiger partial charge on any atom is 0.139 e. The number of nitrogens with one attached hydrogen (secondary N) is 1. The normalized spacial score (nSPS) is 16.9. The zero-order valence-corrected chi connectivity index (χ0v) is 19.4. The van der Waals surface area contributed by atoms with Crippen molar-refractivity contribution in [3.05, 3.63) is 69.7 Å². The van der Waals surface area contributed by atoms with Crippen molar-refractivity contribution in [2.45, 2.75) is 33.1 Å². The SMILES string of the molecule is Cc1ccc(-c2csc(C3=C(O)CN(c4ccc(N5CCCCC5)cc4)C3=N)n2)cc1C. The first kappa shape index (κ1) is 20.8. The molecule has 3 aromatic rings. The van der Waals surface area contributed by atoms with Crippen LogP contribution in [0.2, 0.25) is 0 Å². The Balaban J connectivity index is 1.36. The van der Waals surface area contributed by atoms with Gasteiger partial charge in [0.15, 0.2) is 0 Å². The number of aliphatic hydroxyl groups is 1. The van der Waals surface area contributed by atoms with E-state index >= 15 is 0 Å². The molecule has 0 spiro atoms. The summed E-state index contributed by atoms with van der Waals surface area (Å²) in [5, 5.41) is 22.2. The van der Waals surface area contributed by atoms with Crippen LogP contribution in [0, 0.1) is 19.3 Å². The molecule has 1 saturated heterocycles. The second-order valence-corrected chi connectivity index (χ2v) is 9.52. The predicted molar refractivity (Wildman–Crippen MR) is 134 cm³/mol. The van der Waals surface area contributed by atoms with Crippen LogP contribution in [0.15, 0.2) is 53.6 Å². The van der Waals surface area contributed by atoms with E-state index in [0.717, 1.165) is 30.0 Å². The molecule has 0 radical (unpaired) electrons. The molecule has 2 aliphatic rings.